The van der Waals surface area contributed by atoms with Gasteiger partial charge in [-0.15, -0.1) is 11.3 Å². The Morgan fingerprint density at radius 1 is 1.18 bits per heavy atom. The second-order valence-corrected chi connectivity index (χ2v) is 9.46. The molecule has 1 saturated heterocycles. The van der Waals surface area contributed by atoms with Gasteiger partial charge >= 0.3 is 0 Å². The highest BCUT2D eigenvalue weighted by Gasteiger charge is 2.27. The minimum absolute atomic E-state index is 0.0202. The smallest absolute Gasteiger partial charge is 0.250 e. The first-order valence-electron chi connectivity index (χ1n) is 8.97. The van der Waals surface area contributed by atoms with E-state index in [2.05, 4.69) is 4.72 Å². The summed E-state index contributed by atoms with van der Waals surface area (Å²) >= 11 is 1.20. The van der Waals surface area contributed by atoms with Crippen molar-refractivity contribution >= 4 is 27.3 Å². The Bertz CT molecular complexity index is 904. The van der Waals surface area contributed by atoms with Crippen molar-refractivity contribution in [1.82, 2.24) is 9.62 Å². The maximum atomic E-state index is 12.6. The first-order valence-corrected chi connectivity index (χ1v) is 11.3. The Morgan fingerprint density at radius 2 is 1.89 bits per heavy atom. The standard InChI is InChI=1S/C19H24N2O5S2/c1-25-16-6-5-14(12-17(16)26-2)13-18(22)21-9-7-15(8-10-21)20-28(23,24)19-4-3-11-27-19/h3-6,11-12,15,20H,7-10,13H2,1-2H3. The second-order valence-electron chi connectivity index (χ2n) is 6.57. The van der Waals surface area contributed by atoms with Crippen LogP contribution in [0.2, 0.25) is 0 Å². The van der Waals surface area contributed by atoms with Crippen LogP contribution in [0, 0.1) is 0 Å². The maximum absolute atomic E-state index is 12.6. The van der Waals surface area contributed by atoms with Gasteiger partial charge in [0.25, 0.3) is 0 Å². The molecule has 0 bridgehead atoms. The summed E-state index contributed by atoms with van der Waals surface area (Å²) in [5, 5.41) is 1.74. The number of ether oxygens (including phenoxy) is 2. The summed E-state index contributed by atoms with van der Waals surface area (Å²) in [6.07, 6.45) is 1.47. The van der Waals surface area contributed by atoms with E-state index in [4.69, 9.17) is 9.47 Å². The molecular formula is C19H24N2O5S2. The topological polar surface area (TPSA) is 84.9 Å². The lowest BCUT2D eigenvalue weighted by molar-refractivity contribution is -0.131. The molecule has 1 aliphatic rings. The van der Waals surface area contributed by atoms with Gasteiger partial charge in [-0.2, -0.15) is 0 Å². The number of nitrogens with zero attached hydrogens (tertiary/aromatic N) is 1. The van der Waals surface area contributed by atoms with Crippen LogP contribution in [-0.2, 0) is 21.2 Å². The number of nitrogens with one attached hydrogen (secondary N) is 1. The SMILES string of the molecule is COc1ccc(CC(=O)N2CCC(NS(=O)(=O)c3cccs3)CC2)cc1OC. The summed E-state index contributed by atoms with van der Waals surface area (Å²) in [4.78, 5) is 14.4. The van der Waals surface area contributed by atoms with Crippen LogP contribution in [0.25, 0.3) is 0 Å². The number of likely N-dealkylation sites (tertiary alicyclic amines) is 1. The summed E-state index contributed by atoms with van der Waals surface area (Å²) in [7, 11) is -0.348. The van der Waals surface area contributed by atoms with E-state index in [1.54, 1.807) is 48.8 Å². The van der Waals surface area contributed by atoms with Crippen LogP contribution < -0.4 is 14.2 Å². The lowest BCUT2D eigenvalue weighted by atomic mass is 10.0. The van der Waals surface area contributed by atoms with E-state index in [9.17, 15) is 13.2 Å². The van der Waals surface area contributed by atoms with Gasteiger partial charge in [0.2, 0.25) is 15.9 Å². The molecule has 2 heterocycles. The number of sulfonamides is 1. The van der Waals surface area contributed by atoms with Crippen LogP contribution in [0.4, 0.5) is 0 Å². The quantitative estimate of drug-likeness (QED) is 0.737. The number of piperidine rings is 1. The van der Waals surface area contributed by atoms with Crippen LogP contribution in [0.3, 0.4) is 0 Å². The molecule has 2 aromatic rings. The molecule has 0 aliphatic carbocycles. The van der Waals surface area contributed by atoms with Gasteiger partial charge in [-0.3, -0.25) is 4.79 Å². The van der Waals surface area contributed by atoms with E-state index in [0.717, 1.165) is 5.56 Å². The van der Waals surface area contributed by atoms with Crippen molar-refractivity contribution < 1.29 is 22.7 Å². The average molecular weight is 425 g/mol. The zero-order valence-corrected chi connectivity index (χ0v) is 17.5. The summed E-state index contributed by atoms with van der Waals surface area (Å²) in [5.74, 6) is 1.24. The molecule has 1 amide bonds. The molecule has 1 aromatic heterocycles. The average Bonchev–Trinajstić information content (AvgIpc) is 3.24. The summed E-state index contributed by atoms with van der Waals surface area (Å²) in [5.41, 5.74) is 0.850. The lowest BCUT2D eigenvalue weighted by Gasteiger charge is -2.32. The number of benzene rings is 1. The summed E-state index contributed by atoms with van der Waals surface area (Å²) in [6.45, 7) is 1.06. The molecule has 28 heavy (non-hydrogen) atoms. The Balaban J connectivity index is 1.54. The molecule has 1 aliphatic heterocycles. The van der Waals surface area contributed by atoms with Gasteiger partial charge < -0.3 is 14.4 Å². The first kappa shape index (κ1) is 20.6. The Hall–Kier alpha value is -2.10. The van der Waals surface area contributed by atoms with Crippen LogP contribution >= 0.6 is 11.3 Å². The highest BCUT2D eigenvalue weighted by molar-refractivity contribution is 7.91. The predicted molar refractivity (Wildman–Crippen MR) is 107 cm³/mol. The number of hydrogen-bond donors (Lipinski definition) is 1. The van der Waals surface area contributed by atoms with Crippen LogP contribution in [0.15, 0.2) is 39.9 Å². The molecule has 0 saturated carbocycles. The molecule has 0 unspecified atom stereocenters. The van der Waals surface area contributed by atoms with Crippen molar-refractivity contribution in [3.63, 3.8) is 0 Å². The zero-order valence-electron chi connectivity index (χ0n) is 15.9. The van der Waals surface area contributed by atoms with Gasteiger partial charge in [0.1, 0.15) is 4.21 Å². The molecule has 3 rings (SSSR count). The minimum atomic E-state index is -3.48. The number of carbonyl (C=O) groups excluding carboxylic acids is 1. The van der Waals surface area contributed by atoms with Crippen molar-refractivity contribution in [3.05, 3.63) is 41.3 Å². The van der Waals surface area contributed by atoms with Crippen molar-refractivity contribution in [2.45, 2.75) is 29.5 Å². The van der Waals surface area contributed by atoms with Gasteiger partial charge in [-0.05, 0) is 42.0 Å². The number of rotatable bonds is 7. The third-order valence-corrected chi connectivity index (χ3v) is 7.65. The summed E-state index contributed by atoms with van der Waals surface area (Å²) in [6, 6.07) is 8.59. The molecule has 1 aromatic carbocycles. The highest BCUT2D eigenvalue weighted by atomic mass is 32.2. The third-order valence-electron chi connectivity index (χ3n) is 4.73. The van der Waals surface area contributed by atoms with Crippen LogP contribution in [0.1, 0.15) is 18.4 Å². The number of thiophene rings is 1. The van der Waals surface area contributed by atoms with E-state index < -0.39 is 10.0 Å². The molecule has 152 valence electrons. The Labute approximate surface area is 169 Å². The van der Waals surface area contributed by atoms with E-state index >= 15 is 0 Å². The fourth-order valence-corrected chi connectivity index (χ4v) is 5.53. The first-order chi connectivity index (χ1) is 13.4. The fourth-order valence-electron chi connectivity index (χ4n) is 3.22. The van der Waals surface area contributed by atoms with Gasteiger partial charge in [0, 0.05) is 19.1 Å². The highest BCUT2D eigenvalue weighted by Crippen LogP contribution is 2.28. The third kappa shape index (κ3) is 4.84. The fraction of sp³-hybridized carbons (Fsp3) is 0.421. The van der Waals surface area contributed by atoms with Crippen LogP contribution in [0.5, 0.6) is 11.5 Å². The van der Waals surface area contributed by atoms with Crippen molar-refractivity contribution in [3.8, 4) is 11.5 Å². The van der Waals surface area contributed by atoms with E-state index in [0.29, 0.717) is 41.6 Å². The molecule has 9 heteroatoms. The zero-order chi connectivity index (χ0) is 20.1. The van der Waals surface area contributed by atoms with Crippen molar-refractivity contribution in [2.24, 2.45) is 0 Å². The van der Waals surface area contributed by atoms with Gasteiger partial charge in [-0.25, -0.2) is 13.1 Å². The van der Waals surface area contributed by atoms with Crippen molar-refractivity contribution in [2.75, 3.05) is 27.3 Å². The molecule has 7 nitrogen and oxygen atoms in total. The monoisotopic (exact) mass is 424 g/mol. The largest absolute Gasteiger partial charge is 0.493 e. The summed E-state index contributed by atoms with van der Waals surface area (Å²) < 4.78 is 38.2. The van der Waals surface area contributed by atoms with Crippen LogP contribution in [-0.4, -0.2) is 52.6 Å². The molecule has 0 atom stereocenters. The lowest BCUT2D eigenvalue weighted by Crippen LogP contribution is -2.46. The molecule has 1 fully saturated rings. The van der Waals surface area contributed by atoms with Gasteiger partial charge in [0.05, 0.1) is 20.6 Å². The molecule has 1 N–H and O–H groups in total. The normalized spacial score (nSPS) is 15.4. The minimum Gasteiger partial charge on any atom is -0.493 e. The number of carbonyl (C=O) groups is 1. The second kappa shape index (κ2) is 8.93. The molecule has 0 spiro atoms. The van der Waals surface area contributed by atoms with Crippen molar-refractivity contribution in [1.29, 1.82) is 0 Å². The molecule has 0 radical (unpaired) electrons. The predicted octanol–water partition coefficient (Wildman–Crippen LogP) is 2.28. The van der Waals surface area contributed by atoms with E-state index in [-0.39, 0.29) is 18.4 Å². The van der Waals surface area contributed by atoms with E-state index in [1.807, 2.05) is 6.07 Å². The van der Waals surface area contributed by atoms with Gasteiger partial charge in [-0.1, -0.05) is 12.1 Å². The Kier molecular flexibility index (Phi) is 6.58. The maximum Gasteiger partial charge on any atom is 0.250 e. The Morgan fingerprint density at radius 3 is 2.50 bits per heavy atom. The van der Waals surface area contributed by atoms with E-state index in [1.165, 1.54) is 11.3 Å². The molecular weight excluding hydrogens is 400 g/mol. The number of hydrogen-bond acceptors (Lipinski definition) is 6. The number of amides is 1. The number of methoxy groups -OCH3 is 2. The van der Waals surface area contributed by atoms with Gasteiger partial charge in [0.15, 0.2) is 11.5 Å².